The molecule has 0 saturated carbocycles. The number of aliphatic hydroxyl groups is 1. The Morgan fingerprint density at radius 3 is 2.11 bits per heavy atom. The zero-order chi connectivity index (χ0) is 38.2. The molecule has 0 aliphatic carbocycles. The van der Waals surface area contributed by atoms with E-state index in [1.54, 1.807) is 6.33 Å². The second kappa shape index (κ2) is 16.3. The van der Waals surface area contributed by atoms with Crippen LogP contribution in [0.1, 0.15) is 119 Å². The third-order valence-electron chi connectivity index (χ3n) is 11.5. The number of ketones is 1. The maximum absolute atomic E-state index is 12.2. The summed E-state index contributed by atoms with van der Waals surface area (Å²) in [6.07, 6.45) is 7.23. The Kier molecular flexibility index (Phi) is 12.9. The van der Waals surface area contributed by atoms with Crippen molar-refractivity contribution in [3.8, 4) is 11.3 Å². The van der Waals surface area contributed by atoms with Crippen molar-refractivity contribution >= 4 is 49.6 Å². The molecule has 0 aliphatic heterocycles. The summed E-state index contributed by atoms with van der Waals surface area (Å²) < 4.78 is 12.7. The van der Waals surface area contributed by atoms with E-state index in [2.05, 4.69) is 89.0 Å². The van der Waals surface area contributed by atoms with Gasteiger partial charge in [-0.25, -0.2) is 4.98 Å². The second-order valence-electron chi connectivity index (χ2n) is 16.4. The van der Waals surface area contributed by atoms with Gasteiger partial charge in [0.2, 0.25) is 5.71 Å². The fourth-order valence-corrected chi connectivity index (χ4v) is 6.85. The average molecular weight is 894 g/mol. The number of carbonyl (C=O) groups excluding carboxylic acids is 1. The molecule has 0 unspecified atom stereocenters. The summed E-state index contributed by atoms with van der Waals surface area (Å²) in [6, 6.07) is 18.4. The van der Waals surface area contributed by atoms with Crippen molar-refractivity contribution in [1.29, 1.82) is 0 Å². The van der Waals surface area contributed by atoms with E-state index in [1.807, 2.05) is 47.6 Å². The molecule has 7 heteroatoms. The van der Waals surface area contributed by atoms with E-state index in [0.29, 0.717) is 11.6 Å². The van der Waals surface area contributed by atoms with Gasteiger partial charge in [0, 0.05) is 59.9 Å². The first-order valence-electron chi connectivity index (χ1n) is 19.0. The monoisotopic (exact) mass is 894 g/mol. The Balaban J connectivity index is 0.000000299. The van der Waals surface area contributed by atoms with E-state index in [9.17, 15) is 9.90 Å². The van der Waals surface area contributed by atoms with Gasteiger partial charge in [-0.05, 0) is 61.6 Å². The number of aryl methyl sites for hydroxylation is 1. The van der Waals surface area contributed by atoms with Crippen molar-refractivity contribution in [3.05, 3.63) is 83.6 Å². The maximum atomic E-state index is 12.2. The van der Waals surface area contributed by atoms with Crippen LogP contribution in [0.2, 0.25) is 0 Å². The molecule has 0 bridgehead atoms. The van der Waals surface area contributed by atoms with Crippen LogP contribution in [0.4, 0.5) is 0 Å². The molecular formula is C46H57IrN2O4-. The minimum atomic E-state index is -0.337. The molecule has 6 rings (SSSR count). The van der Waals surface area contributed by atoms with Crippen molar-refractivity contribution in [1.82, 2.24) is 9.97 Å². The summed E-state index contributed by atoms with van der Waals surface area (Å²) in [4.78, 5) is 21.4. The van der Waals surface area contributed by atoms with E-state index in [4.69, 9.17) is 13.8 Å². The molecule has 53 heavy (non-hydrogen) atoms. The summed E-state index contributed by atoms with van der Waals surface area (Å²) in [5.41, 5.74) is 5.74. The molecule has 6 aromatic rings. The summed E-state index contributed by atoms with van der Waals surface area (Å²) in [6.45, 7) is 25.4. The van der Waals surface area contributed by atoms with Gasteiger partial charge >= 0.3 is 0 Å². The third-order valence-corrected chi connectivity index (χ3v) is 11.5. The SMILES string of the molecule is CCC(C)(CC)C(=O)/C=C(\O)C(C)(CC)CC.Cc1c(CC(C)C)oc2c1ccc1oc3ncnc(-c4[c-]c5ccccc5c(C(C)(C)C)c4)c3c12.[Ir]. The Morgan fingerprint density at radius 2 is 1.51 bits per heavy atom. The maximum Gasteiger partial charge on any atom is 0.223 e. The van der Waals surface area contributed by atoms with Crippen molar-refractivity contribution in [2.24, 2.45) is 16.7 Å². The van der Waals surface area contributed by atoms with Gasteiger partial charge in [-0.3, -0.25) is 9.78 Å². The number of allylic oxidation sites excluding steroid dienone is 2. The second-order valence-corrected chi connectivity index (χ2v) is 16.4. The third kappa shape index (κ3) is 8.17. The van der Waals surface area contributed by atoms with Crippen molar-refractivity contribution in [2.75, 3.05) is 0 Å². The first-order chi connectivity index (χ1) is 24.5. The largest absolute Gasteiger partial charge is 0.512 e. The molecule has 0 saturated heterocycles. The fraction of sp³-hybridized carbons (Fsp3) is 0.457. The number of rotatable bonds is 10. The number of aromatic nitrogens is 2. The van der Waals surface area contributed by atoms with Crippen LogP contribution in [0.15, 0.2) is 69.5 Å². The van der Waals surface area contributed by atoms with Crippen molar-refractivity contribution < 1.29 is 38.8 Å². The van der Waals surface area contributed by atoms with Gasteiger partial charge in [0.1, 0.15) is 29.0 Å². The van der Waals surface area contributed by atoms with Gasteiger partial charge in [-0.15, -0.1) is 29.1 Å². The van der Waals surface area contributed by atoms with Crippen LogP contribution < -0.4 is 0 Å². The van der Waals surface area contributed by atoms with Gasteiger partial charge in [-0.2, -0.15) is 0 Å². The van der Waals surface area contributed by atoms with Crippen molar-refractivity contribution in [2.45, 2.75) is 121 Å². The minimum Gasteiger partial charge on any atom is -0.512 e. The Morgan fingerprint density at radius 1 is 0.868 bits per heavy atom. The van der Waals surface area contributed by atoms with Gasteiger partial charge in [0.25, 0.3) is 0 Å². The van der Waals surface area contributed by atoms with E-state index in [0.717, 1.165) is 81.8 Å². The Labute approximate surface area is 329 Å². The van der Waals surface area contributed by atoms with E-state index < -0.39 is 0 Å². The van der Waals surface area contributed by atoms with Crippen LogP contribution in [0.5, 0.6) is 0 Å². The number of fused-ring (bicyclic) bond motifs is 6. The fourth-order valence-electron chi connectivity index (χ4n) is 6.85. The molecule has 1 N–H and O–H groups in total. The van der Waals surface area contributed by atoms with Crippen LogP contribution in [0.25, 0.3) is 55.1 Å². The summed E-state index contributed by atoms with van der Waals surface area (Å²) in [7, 11) is 0. The summed E-state index contributed by atoms with van der Waals surface area (Å²) >= 11 is 0. The van der Waals surface area contributed by atoms with Crippen molar-refractivity contribution in [3.63, 3.8) is 0 Å². The van der Waals surface area contributed by atoms with Crippen LogP contribution in [0.3, 0.4) is 0 Å². The molecule has 3 aromatic carbocycles. The first-order valence-corrected chi connectivity index (χ1v) is 19.0. The smallest absolute Gasteiger partial charge is 0.223 e. The normalized spacial score (nSPS) is 12.8. The standard InChI is InChI=1S/C31H29N2O2.C15H28O2.Ir/c1-17(2)13-25-18(3)21-11-12-24-26(29(21)34-25)27-28(32-16-33-30(27)35-24)20-14-19-9-7-8-10-22(19)23(15-20)31(4,5)6;1-7-14(5,8-2)12(16)11-13(17)15(6,9-3)10-4;/h7-12,15-17H,13H2,1-6H3;11,16H,7-10H2,1-6H3;/q-1;;/b;12-11-;. The Hall–Kier alpha value is -3.80. The van der Waals surface area contributed by atoms with Crippen LogP contribution >= 0.6 is 0 Å². The van der Waals surface area contributed by atoms with E-state index in [1.165, 1.54) is 22.6 Å². The quantitative estimate of drug-likeness (QED) is 0.0837. The van der Waals surface area contributed by atoms with E-state index in [-0.39, 0.29) is 47.9 Å². The molecular weight excluding hydrogens is 837 g/mol. The predicted molar refractivity (Wildman–Crippen MR) is 216 cm³/mol. The Bertz CT molecular complexity index is 2260. The number of furan rings is 2. The number of hydrogen-bond acceptors (Lipinski definition) is 6. The summed E-state index contributed by atoms with van der Waals surface area (Å²) in [5.74, 6) is 1.82. The minimum absolute atomic E-state index is 0. The molecule has 0 spiro atoms. The van der Waals surface area contributed by atoms with Gasteiger partial charge in [0.05, 0.1) is 5.39 Å². The predicted octanol–water partition coefficient (Wildman–Crippen LogP) is 13.2. The van der Waals surface area contributed by atoms with E-state index >= 15 is 0 Å². The first kappa shape index (κ1) is 41.9. The molecule has 6 nitrogen and oxygen atoms in total. The molecule has 0 fully saturated rings. The molecule has 285 valence electrons. The molecule has 3 aromatic heterocycles. The zero-order valence-corrected chi connectivity index (χ0v) is 36.1. The molecule has 1 radical (unpaired) electrons. The van der Waals surface area contributed by atoms with Crippen LogP contribution in [-0.2, 0) is 36.7 Å². The number of benzene rings is 3. The van der Waals surface area contributed by atoms with Crippen LogP contribution in [-0.4, -0.2) is 20.9 Å². The van der Waals surface area contributed by atoms with Gasteiger partial charge < -0.3 is 13.9 Å². The molecule has 0 aliphatic rings. The number of aliphatic hydroxyl groups excluding tert-OH is 1. The molecule has 3 heterocycles. The topological polar surface area (TPSA) is 89.4 Å². The number of hydrogen-bond donors (Lipinski definition) is 1. The van der Waals surface area contributed by atoms with Gasteiger partial charge in [-0.1, -0.05) is 105 Å². The molecule has 0 atom stereocenters. The number of nitrogens with zero attached hydrogens (tertiary/aromatic N) is 2. The number of carbonyl (C=O) groups is 1. The van der Waals surface area contributed by atoms with Gasteiger partial charge in [0.15, 0.2) is 5.78 Å². The van der Waals surface area contributed by atoms with Crippen LogP contribution in [0, 0.1) is 29.7 Å². The summed E-state index contributed by atoms with van der Waals surface area (Å²) in [5, 5.41) is 15.4. The zero-order valence-electron chi connectivity index (χ0n) is 33.7. The molecule has 0 amide bonds. The average Bonchev–Trinajstić information content (AvgIpc) is 3.66.